The Morgan fingerprint density at radius 3 is 2.17 bits per heavy atom. The molecule has 0 atom stereocenters. The van der Waals surface area contributed by atoms with Crippen LogP contribution in [0.4, 0.5) is 0 Å². The first-order valence-corrected chi connectivity index (χ1v) is 7.42. The second-order valence-electron chi connectivity index (χ2n) is 3.94. The van der Waals surface area contributed by atoms with Crippen LogP contribution >= 0.6 is 11.6 Å². The Morgan fingerprint density at radius 1 is 1.28 bits per heavy atom. The maximum Gasteiger partial charge on any atom is 0.325 e. The van der Waals surface area contributed by atoms with Crippen molar-refractivity contribution in [2.75, 3.05) is 0 Å². The topological polar surface area (TPSA) is 71.4 Å². The minimum Gasteiger partial charge on any atom is -0.480 e. The molecule has 1 aromatic carbocycles. The van der Waals surface area contributed by atoms with Gasteiger partial charge in [-0.3, -0.25) is 4.79 Å². The van der Waals surface area contributed by atoms with Crippen LogP contribution in [0, 0.1) is 0 Å². The first-order chi connectivity index (χ1) is 8.33. The van der Waals surface area contributed by atoms with Crippen LogP contribution in [0.5, 0.6) is 0 Å². The summed E-state index contributed by atoms with van der Waals surface area (Å²) in [5.41, 5.74) is 0. The van der Waals surface area contributed by atoms with Crippen molar-refractivity contribution in [3.05, 3.63) is 29.3 Å². The van der Waals surface area contributed by atoms with Crippen LogP contribution in [0.3, 0.4) is 0 Å². The van der Waals surface area contributed by atoms with Gasteiger partial charge in [0.15, 0.2) is 14.6 Å². The van der Waals surface area contributed by atoms with Crippen molar-refractivity contribution in [2.45, 2.75) is 36.3 Å². The third-order valence-electron chi connectivity index (χ3n) is 3.17. The van der Waals surface area contributed by atoms with Crippen molar-refractivity contribution in [2.24, 2.45) is 0 Å². The van der Waals surface area contributed by atoms with Crippen LogP contribution in [-0.4, -0.2) is 24.2 Å². The molecule has 0 saturated carbocycles. The molecule has 0 aromatic heterocycles. The molecule has 1 N–H and O–H groups in total. The van der Waals surface area contributed by atoms with Gasteiger partial charge < -0.3 is 5.11 Å². The van der Waals surface area contributed by atoms with E-state index in [1.165, 1.54) is 18.2 Å². The van der Waals surface area contributed by atoms with Crippen molar-refractivity contribution in [3.8, 4) is 0 Å². The van der Waals surface area contributed by atoms with Gasteiger partial charge in [-0.2, -0.15) is 0 Å². The summed E-state index contributed by atoms with van der Waals surface area (Å²) in [6, 6.07) is 5.89. The zero-order valence-corrected chi connectivity index (χ0v) is 11.8. The largest absolute Gasteiger partial charge is 0.480 e. The Hall–Kier alpha value is -1.07. The van der Waals surface area contributed by atoms with Crippen molar-refractivity contribution in [1.29, 1.82) is 0 Å². The molecule has 18 heavy (non-hydrogen) atoms. The lowest BCUT2D eigenvalue weighted by Crippen LogP contribution is -2.45. The molecule has 0 radical (unpaired) electrons. The molecular formula is C12H15ClO4S. The average molecular weight is 291 g/mol. The van der Waals surface area contributed by atoms with E-state index < -0.39 is 20.6 Å². The second-order valence-corrected chi connectivity index (χ2v) is 6.58. The summed E-state index contributed by atoms with van der Waals surface area (Å²) >= 11 is 5.86. The second kappa shape index (κ2) is 5.28. The predicted molar refractivity (Wildman–Crippen MR) is 69.6 cm³/mol. The molecule has 100 valence electrons. The van der Waals surface area contributed by atoms with Crippen molar-refractivity contribution in [3.63, 3.8) is 0 Å². The monoisotopic (exact) mass is 290 g/mol. The molecule has 0 bridgehead atoms. The Kier molecular flexibility index (Phi) is 4.40. The maximum absolute atomic E-state index is 12.5. The van der Waals surface area contributed by atoms with E-state index >= 15 is 0 Å². The van der Waals surface area contributed by atoms with Gasteiger partial charge in [0.2, 0.25) is 0 Å². The van der Waals surface area contributed by atoms with E-state index in [0.717, 1.165) is 0 Å². The predicted octanol–water partition coefficient (Wildman–Crippen LogP) is 2.76. The number of halogens is 1. The lowest BCUT2D eigenvalue weighted by molar-refractivity contribution is -0.140. The lowest BCUT2D eigenvalue weighted by atomic mass is 10.0. The minimum absolute atomic E-state index is 0.00755. The van der Waals surface area contributed by atoms with Gasteiger partial charge in [0, 0.05) is 0 Å². The summed E-state index contributed by atoms with van der Waals surface area (Å²) in [5, 5.41) is 9.34. The van der Waals surface area contributed by atoms with Crippen LogP contribution in [0.15, 0.2) is 29.2 Å². The van der Waals surface area contributed by atoms with Crippen LogP contribution in [0.25, 0.3) is 0 Å². The number of carbonyl (C=O) groups is 1. The summed E-state index contributed by atoms with van der Waals surface area (Å²) in [5.74, 6) is -1.34. The standard InChI is InChI=1S/C12H15ClO4S/c1-3-12(4-2,11(14)15)18(16,17)10-8-6-5-7-9(10)13/h5-8H,3-4H2,1-2H3,(H,14,15). The maximum atomic E-state index is 12.5. The van der Waals surface area contributed by atoms with Gasteiger partial charge >= 0.3 is 5.97 Å². The molecule has 0 heterocycles. The molecule has 1 rings (SSSR count). The normalized spacial score (nSPS) is 12.4. The van der Waals surface area contributed by atoms with Crippen LogP contribution in [-0.2, 0) is 14.6 Å². The van der Waals surface area contributed by atoms with E-state index in [1.807, 2.05) is 0 Å². The van der Waals surface area contributed by atoms with Crippen LogP contribution in [0.2, 0.25) is 5.02 Å². The van der Waals surface area contributed by atoms with Gasteiger partial charge in [0.1, 0.15) is 0 Å². The quantitative estimate of drug-likeness (QED) is 0.905. The summed E-state index contributed by atoms with van der Waals surface area (Å²) in [4.78, 5) is 11.3. The Labute approximate surface area is 112 Å². The Bertz CT molecular complexity index is 547. The number of carboxylic acid groups (broad SMARTS) is 1. The molecule has 6 heteroatoms. The van der Waals surface area contributed by atoms with Crippen molar-refractivity contribution < 1.29 is 18.3 Å². The molecule has 1 aromatic rings. The zero-order valence-electron chi connectivity index (χ0n) is 10.2. The molecule has 0 spiro atoms. The highest BCUT2D eigenvalue weighted by Crippen LogP contribution is 2.35. The van der Waals surface area contributed by atoms with Gasteiger partial charge in [-0.1, -0.05) is 37.6 Å². The Morgan fingerprint density at radius 2 is 1.78 bits per heavy atom. The number of rotatable bonds is 5. The van der Waals surface area contributed by atoms with Crippen molar-refractivity contribution >= 4 is 27.4 Å². The van der Waals surface area contributed by atoms with Gasteiger partial charge in [-0.05, 0) is 25.0 Å². The van der Waals surface area contributed by atoms with Gasteiger partial charge in [-0.25, -0.2) is 8.42 Å². The molecule has 0 aliphatic rings. The fourth-order valence-corrected chi connectivity index (χ4v) is 4.35. The van der Waals surface area contributed by atoms with E-state index in [4.69, 9.17) is 11.6 Å². The lowest BCUT2D eigenvalue weighted by Gasteiger charge is -2.26. The third-order valence-corrected chi connectivity index (χ3v) is 6.33. The zero-order chi connectivity index (χ0) is 14.0. The molecule has 0 aliphatic heterocycles. The summed E-state index contributed by atoms with van der Waals surface area (Å²) in [6.07, 6.45) is -0.0151. The third kappa shape index (κ3) is 2.12. The molecule has 0 aliphatic carbocycles. The van der Waals surface area contributed by atoms with Gasteiger partial charge in [0.25, 0.3) is 0 Å². The first kappa shape index (κ1) is 15.0. The number of benzene rings is 1. The fraction of sp³-hybridized carbons (Fsp3) is 0.417. The van der Waals surface area contributed by atoms with Gasteiger partial charge in [0.05, 0.1) is 9.92 Å². The van der Waals surface area contributed by atoms with Crippen LogP contribution in [0.1, 0.15) is 26.7 Å². The SMILES string of the molecule is CCC(CC)(C(=O)O)S(=O)(=O)c1ccccc1Cl. The number of aliphatic carboxylic acids is 1. The highest BCUT2D eigenvalue weighted by molar-refractivity contribution is 7.93. The summed E-state index contributed by atoms with van der Waals surface area (Å²) < 4.78 is 23.2. The number of hydrogen-bond donors (Lipinski definition) is 1. The van der Waals surface area contributed by atoms with E-state index in [-0.39, 0.29) is 22.8 Å². The molecule has 0 unspecified atom stereocenters. The molecule has 4 nitrogen and oxygen atoms in total. The average Bonchev–Trinajstić information content (AvgIpc) is 2.30. The van der Waals surface area contributed by atoms with E-state index in [9.17, 15) is 18.3 Å². The number of carboxylic acids is 1. The molecular weight excluding hydrogens is 276 g/mol. The smallest absolute Gasteiger partial charge is 0.325 e. The number of sulfone groups is 1. The van der Waals surface area contributed by atoms with Crippen molar-refractivity contribution in [1.82, 2.24) is 0 Å². The molecule has 0 amide bonds. The molecule has 0 fully saturated rings. The minimum atomic E-state index is -4.02. The summed E-state index contributed by atoms with van der Waals surface area (Å²) in [6.45, 7) is 3.10. The highest BCUT2D eigenvalue weighted by Gasteiger charge is 2.49. The van der Waals surface area contributed by atoms with Crippen LogP contribution < -0.4 is 0 Å². The fourth-order valence-electron chi connectivity index (χ4n) is 1.92. The Balaban J connectivity index is 3.55. The van der Waals surface area contributed by atoms with E-state index in [1.54, 1.807) is 19.9 Å². The van der Waals surface area contributed by atoms with E-state index in [0.29, 0.717) is 0 Å². The van der Waals surface area contributed by atoms with E-state index in [2.05, 4.69) is 0 Å². The number of hydrogen-bond acceptors (Lipinski definition) is 3. The molecule has 0 saturated heterocycles. The first-order valence-electron chi connectivity index (χ1n) is 5.56. The van der Waals surface area contributed by atoms with Gasteiger partial charge in [-0.15, -0.1) is 0 Å². The summed E-state index contributed by atoms with van der Waals surface area (Å²) in [7, 11) is -4.02. The highest BCUT2D eigenvalue weighted by atomic mass is 35.5.